The van der Waals surface area contributed by atoms with Crippen LogP contribution in [0.25, 0.3) is 0 Å². The highest BCUT2D eigenvalue weighted by atomic mass is 15.0. The van der Waals surface area contributed by atoms with Crippen molar-refractivity contribution in [3.05, 3.63) is 71.8 Å². The molecule has 1 heteroatoms. The first-order valence-corrected chi connectivity index (χ1v) is 7.47. The zero-order valence-corrected chi connectivity index (χ0v) is 12.3. The van der Waals surface area contributed by atoms with Gasteiger partial charge in [-0.2, -0.15) is 0 Å². The van der Waals surface area contributed by atoms with Crippen LogP contribution < -0.4 is 0 Å². The molecule has 0 atom stereocenters. The van der Waals surface area contributed by atoms with Gasteiger partial charge in [0.15, 0.2) is 5.71 Å². The van der Waals surface area contributed by atoms with Crippen molar-refractivity contribution in [1.29, 1.82) is 0 Å². The van der Waals surface area contributed by atoms with Crippen LogP contribution in [0.15, 0.2) is 60.7 Å². The highest BCUT2D eigenvalue weighted by Gasteiger charge is 2.47. The smallest absolute Gasteiger partial charge is 0.167 e. The molecule has 0 spiro atoms. The molecule has 1 aliphatic rings. The van der Waals surface area contributed by atoms with Gasteiger partial charge in [0.2, 0.25) is 0 Å². The summed E-state index contributed by atoms with van der Waals surface area (Å²) in [6.45, 7) is 3.41. The summed E-state index contributed by atoms with van der Waals surface area (Å²) in [6, 6.07) is 22.0. The van der Waals surface area contributed by atoms with Gasteiger partial charge in [0, 0.05) is 12.8 Å². The molecule has 1 heterocycles. The van der Waals surface area contributed by atoms with E-state index in [1.165, 1.54) is 23.3 Å². The first kappa shape index (κ1) is 13.1. The molecule has 3 rings (SSSR count). The Morgan fingerprint density at radius 2 is 1.40 bits per heavy atom. The van der Waals surface area contributed by atoms with E-state index in [2.05, 4.69) is 79.2 Å². The van der Waals surface area contributed by atoms with Crippen molar-refractivity contribution in [1.82, 2.24) is 0 Å². The molecule has 1 aliphatic heterocycles. The van der Waals surface area contributed by atoms with E-state index in [1.807, 2.05) is 0 Å². The summed E-state index contributed by atoms with van der Waals surface area (Å²) in [4.78, 5) is 0. The number of nitrogens with zero attached hydrogens (tertiary/aromatic N) is 1. The summed E-state index contributed by atoms with van der Waals surface area (Å²) in [5.74, 6) is 0. The first-order valence-electron chi connectivity index (χ1n) is 7.47. The molecule has 0 aromatic heterocycles. The number of hydrogen-bond acceptors (Lipinski definition) is 0. The molecule has 2 aromatic carbocycles. The van der Waals surface area contributed by atoms with Gasteiger partial charge in [-0.05, 0) is 11.1 Å². The minimum atomic E-state index is 0.0615. The second kappa shape index (κ2) is 5.24. The zero-order chi connectivity index (χ0) is 14.0. The predicted molar refractivity (Wildman–Crippen MR) is 84.6 cm³/mol. The minimum absolute atomic E-state index is 0.0615. The summed E-state index contributed by atoms with van der Waals surface area (Å²) in [5.41, 5.74) is 4.45. The third-order valence-electron chi connectivity index (χ3n) is 4.64. The van der Waals surface area contributed by atoms with Gasteiger partial charge in [0.05, 0.1) is 0 Å². The molecule has 0 fully saturated rings. The molecule has 0 amide bonds. The SMILES string of the molecule is CCC1=[N+](C)CCC1(c1ccccc1)c1ccccc1. The summed E-state index contributed by atoms with van der Waals surface area (Å²) in [7, 11) is 2.23. The summed E-state index contributed by atoms with van der Waals surface area (Å²) in [6.07, 6.45) is 2.26. The third-order valence-corrected chi connectivity index (χ3v) is 4.64. The Labute approximate surface area is 121 Å². The third kappa shape index (κ3) is 1.89. The molecule has 0 saturated heterocycles. The molecular weight excluding hydrogens is 242 g/mol. The number of hydrogen-bond donors (Lipinski definition) is 0. The van der Waals surface area contributed by atoms with Crippen molar-refractivity contribution < 1.29 is 4.58 Å². The van der Waals surface area contributed by atoms with E-state index in [9.17, 15) is 0 Å². The van der Waals surface area contributed by atoms with Crippen LogP contribution in [-0.4, -0.2) is 23.9 Å². The lowest BCUT2D eigenvalue weighted by molar-refractivity contribution is -0.489. The van der Waals surface area contributed by atoms with E-state index in [4.69, 9.17) is 0 Å². The van der Waals surface area contributed by atoms with Crippen molar-refractivity contribution >= 4 is 5.71 Å². The van der Waals surface area contributed by atoms with Gasteiger partial charge in [-0.3, -0.25) is 0 Å². The second-order valence-corrected chi connectivity index (χ2v) is 5.61. The van der Waals surface area contributed by atoms with Crippen molar-refractivity contribution in [2.24, 2.45) is 0 Å². The Balaban J connectivity index is 2.25. The molecule has 0 radical (unpaired) electrons. The Bertz CT molecular complexity index is 571. The molecule has 20 heavy (non-hydrogen) atoms. The van der Waals surface area contributed by atoms with E-state index in [0.29, 0.717) is 0 Å². The molecule has 102 valence electrons. The van der Waals surface area contributed by atoms with E-state index in [-0.39, 0.29) is 5.41 Å². The maximum absolute atomic E-state index is 2.44. The molecule has 0 unspecified atom stereocenters. The second-order valence-electron chi connectivity index (χ2n) is 5.61. The van der Waals surface area contributed by atoms with E-state index < -0.39 is 0 Å². The molecular formula is C19H22N+. The maximum Gasteiger partial charge on any atom is 0.167 e. The number of benzene rings is 2. The first-order chi connectivity index (χ1) is 9.79. The summed E-state index contributed by atoms with van der Waals surface area (Å²) >= 11 is 0. The van der Waals surface area contributed by atoms with Gasteiger partial charge in [-0.1, -0.05) is 67.6 Å². The monoisotopic (exact) mass is 264 g/mol. The lowest BCUT2D eigenvalue weighted by Gasteiger charge is -2.28. The highest BCUT2D eigenvalue weighted by molar-refractivity contribution is 5.95. The van der Waals surface area contributed by atoms with E-state index in [0.717, 1.165) is 13.0 Å². The summed E-state index contributed by atoms with van der Waals surface area (Å²) in [5, 5.41) is 0. The van der Waals surface area contributed by atoms with Crippen LogP contribution in [0.4, 0.5) is 0 Å². The van der Waals surface area contributed by atoms with Gasteiger partial charge in [-0.15, -0.1) is 0 Å². The van der Waals surface area contributed by atoms with Crippen LogP contribution in [-0.2, 0) is 5.41 Å². The maximum atomic E-state index is 2.44. The van der Waals surface area contributed by atoms with Gasteiger partial charge in [0.25, 0.3) is 0 Å². The van der Waals surface area contributed by atoms with Crippen LogP contribution in [0.5, 0.6) is 0 Å². The van der Waals surface area contributed by atoms with Crippen LogP contribution in [0.3, 0.4) is 0 Å². The van der Waals surface area contributed by atoms with Gasteiger partial charge in [0.1, 0.15) is 19.0 Å². The van der Waals surface area contributed by atoms with E-state index in [1.54, 1.807) is 0 Å². The van der Waals surface area contributed by atoms with Crippen molar-refractivity contribution in [3.8, 4) is 0 Å². The van der Waals surface area contributed by atoms with Crippen molar-refractivity contribution in [3.63, 3.8) is 0 Å². The molecule has 0 bridgehead atoms. The van der Waals surface area contributed by atoms with E-state index >= 15 is 0 Å². The molecule has 1 nitrogen and oxygen atoms in total. The Morgan fingerprint density at radius 1 is 0.900 bits per heavy atom. The number of rotatable bonds is 3. The predicted octanol–water partition coefficient (Wildman–Crippen LogP) is 3.87. The normalized spacial score (nSPS) is 17.5. The fourth-order valence-corrected chi connectivity index (χ4v) is 3.75. The fourth-order valence-electron chi connectivity index (χ4n) is 3.75. The van der Waals surface area contributed by atoms with Crippen molar-refractivity contribution in [2.45, 2.75) is 25.2 Å². The van der Waals surface area contributed by atoms with Gasteiger partial charge in [-0.25, -0.2) is 4.58 Å². The average molecular weight is 264 g/mol. The fraction of sp³-hybridized carbons (Fsp3) is 0.316. The molecule has 2 aromatic rings. The molecule has 0 N–H and O–H groups in total. The highest BCUT2D eigenvalue weighted by Crippen LogP contribution is 2.40. The Kier molecular flexibility index (Phi) is 3.43. The molecule has 0 aliphatic carbocycles. The average Bonchev–Trinajstić information content (AvgIpc) is 2.86. The van der Waals surface area contributed by atoms with Gasteiger partial charge < -0.3 is 0 Å². The molecule has 0 saturated carbocycles. The minimum Gasteiger partial charge on any atom is -0.239 e. The lowest BCUT2D eigenvalue weighted by atomic mass is 9.69. The Morgan fingerprint density at radius 3 is 1.85 bits per heavy atom. The largest absolute Gasteiger partial charge is 0.239 e. The van der Waals surface area contributed by atoms with Crippen LogP contribution in [0.2, 0.25) is 0 Å². The lowest BCUT2D eigenvalue weighted by Crippen LogP contribution is -2.35. The standard InChI is InChI=1S/C19H22N/c1-3-18-19(14-15-20(18)2,16-10-6-4-7-11-16)17-12-8-5-9-13-17/h4-13H,3,14-15H2,1-2H3/q+1. The topological polar surface area (TPSA) is 3.01 Å². The summed E-state index contributed by atoms with van der Waals surface area (Å²) < 4.78 is 2.44. The Hall–Kier alpha value is -1.89. The van der Waals surface area contributed by atoms with Crippen molar-refractivity contribution in [2.75, 3.05) is 13.6 Å². The zero-order valence-electron chi connectivity index (χ0n) is 12.3. The van der Waals surface area contributed by atoms with Crippen LogP contribution in [0, 0.1) is 0 Å². The van der Waals surface area contributed by atoms with Gasteiger partial charge >= 0.3 is 0 Å². The van der Waals surface area contributed by atoms with Crippen LogP contribution >= 0.6 is 0 Å². The quantitative estimate of drug-likeness (QED) is 0.740. The van der Waals surface area contributed by atoms with Crippen LogP contribution in [0.1, 0.15) is 30.9 Å².